The van der Waals surface area contributed by atoms with Crippen LogP contribution in [-0.4, -0.2) is 54.5 Å². The van der Waals surface area contributed by atoms with E-state index in [2.05, 4.69) is 45.2 Å². The topological polar surface area (TPSA) is 74.8 Å². The van der Waals surface area contributed by atoms with Gasteiger partial charge in [0.2, 0.25) is 0 Å². The minimum atomic E-state index is -0.704. The molecule has 1 saturated carbocycles. The number of ether oxygens (including phenoxy) is 1. The van der Waals surface area contributed by atoms with Gasteiger partial charge >= 0.3 is 0 Å². The molecule has 3 unspecified atom stereocenters. The van der Waals surface area contributed by atoms with Gasteiger partial charge in [-0.2, -0.15) is 0 Å². The van der Waals surface area contributed by atoms with Gasteiger partial charge in [-0.1, -0.05) is 25.5 Å². The first-order valence-corrected chi connectivity index (χ1v) is 11.2. The van der Waals surface area contributed by atoms with E-state index in [9.17, 15) is 4.21 Å². The normalized spacial score (nSPS) is 21.5. The van der Waals surface area contributed by atoms with Crippen LogP contribution in [0.3, 0.4) is 0 Å². The van der Waals surface area contributed by atoms with Crippen molar-refractivity contribution in [2.75, 3.05) is 38.4 Å². The molecule has 1 aromatic carbocycles. The third kappa shape index (κ3) is 7.50. The molecule has 7 heteroatoms. The van der Waals surface area contributed by atoms with Crippen molar-refractivity contribution in [3.8, 4) is 0 Å². The van der Waals surface area contributed by atoms with Gasteiger partial charge in [0, 0.05) is 60.8 Å². The lowest BCUT2D eigenvalue weighted by molar-refractivity contribution is 0.211. The Bertz CT molecular complexity index is 607. The monoisotopic (exact) mass is 394 g/mol. The van der Waals surface area contributed by atoms with E-state index in [-0.39, 0.29) is 0 Å². The summed E-state index contributed by atoms with van der Waals surface area (Å²) in [5.41, 5.74) is 2.29. The minimum Gasteiger partial charge on any atom is -0.383 e. The molecule has 0 aromatic heterocycles. The van der Waals surface area contributed by atoms with Crippen LogP contribution in [0.4, 0.5) is 5.69 Å². The SMILES string of the molecule is CCS(=O)C1CCCC(NC(=NC)NCc2ccc(NCCOC)cc2)C1. The van der Waals surface area contributed by atoms with Gasteiger partial charge < -0.3 is 20.7 Å². The quantitative estimate of drug-likeness (QED) is 0.341. The van der Waals surface area contributed by atoms with Crippen LogP contribution in [0, 0.1) is 0 Å². The highest BCUT2D eigenvalue weighted by molar-refractivity contribution is 7.85. The molecule has 1 aromatic rings. The molecule has 6 nitrogen and oxygen atoms in total. The van der Waals surface area contributed by atoms with Crippen LogP contribution in [0.25, 0.3) is 0 Å². The van der Waals surface area contributed by atoms with Gasteiger partial charge in [-0.05, 0) is 37.0 Å². The van der Waals surface area contributed by atoms with Gasteiger partial charge in [0.15, 0.2) is 5.96 Å². The number of nitrogens with one attached hydrogen (secondary N) is 3. The second-order valence-electron chi connectivity index (χ2n) is 6.84. The molecular formula is C20H34N4O2S. The zero-order valence-electron chi connectivity index (χ0n) is 16.8. The van der Waals surface area contributed by atoms with E-state index in [0.717, 1.165) is 56.2 Å². The molecule has 0 radical (unpaired) electrons. The Kier molecular flexibility index (Phi) is 9.62. The van der Waals surface area contributed by atoms with E-state index in [1.165, 1.54) is 5.56 Å². The number of nitrogens with zero attached hydrogens (tertiary/aromatic N) is 1. The summed E-state index contributed by atoms with van der Waals surface area (Å²) in [6.07, 6.45) is 4.28. The first-order valence-electron chi connectivity index (χ1n) is 9.82. The average Bonchev–Trinajstić information content (AvgIpc) is 2.71. The van der Waals surface area contributed by atoms with Crippen LogP contribution in [0.15, 0.2) is 29.3 Å². The molecule has 0 saturated heterocycles. The fourth-order valence-corrected chi connectivity index (χ4v) is 4.71. The third-order valence-corrected chi connectivity index (χ3v) is 6.64. The van der Waals surface area contributed by atoms with Crippen LogP contribution < -0.4 is 16.0 Å². The van der Waals surface area contributed by atoms with Crippen LogP contribution in [0.5, 0.6) is 0 Å². The zero-order chi connectivity index (χ0) is 19.5. The van der Waals surface area contributed by atoms with Gasteiger partial charge in [0.05, 0.1) is 6.61 Å². The molecule has 3 N–H and O–H groups in total. The molecular weight excluding hydrogens is 360 g/mol. The van der Waals surface area contributed by atoms with E-state index in [1.807, 2.05) is 6.92 Å². The predicted molar refractivity (Wildman–Crippen MR) is 115 cm³/mol. The Morgan fingerprint density at radius 3 is 2.74 bits per heavy atom. The average molecular weight is 395 g/mol. The number of benzene rings is 1. The van der Waals surface area contributed by atoms with Crippen LogP contribution in [0.2, 0.25) is 0 Å². The summed E-state index contributed by atoms with van der Waals surface area (Å²) in [7, 11) is 2.79. The molecule has 0 heterocycles. The molecule has 1 fully saturated rings. The van der Waals surface area contributed by atoms with E-state index < -0.39 is 10.8 Å². The number of hydrogen-bond acceptors (Lipinski definition) is 4. The fourth-order valence-electron chi connectivity index (χ4n) is 3.36. The molecule has 152 valence electrons. The molecule has 0 amide bonds. The first kappa shape index (κ1) is 21.7. The number of anilines is 1. The Labute approximate surface area is 166 Å². The molecule has 0 bridgehead atoms. The maximum atomic E-state index is 12.1. The Hall–Kier alpha value is -1.60. The second-order valence-corrected chi connectivity index (χ2v) is 8.85. The maximum Gasteiger partial charge on any atom is 0.191 e. The summed E-state index contributed by atoms with van der Waals surface area (Å²) >= 11 is 0. The zero-order valence-corrected chi connectivity index (χ0v) is 17.6. The van der Waals surface area contributed by atoms with Crippen molar-refractivity contribution in [3.05, 3.63) is 29.8 Å². The molecule has 0 aliphatic heterocycles. The number of rotatable bonds is 9. The van der Waals surface area contributed by atoms with E-state index >= 15 is 0 Å². The second kappa shape index (κ2) is 12.0. The molecule has 27 heavy (non-hydrogen) atoms. The highest BCUT2D eigenvalue weighted by Gasteiger charge is 2.25. The summed E-state index contributed by atoms with van der Waals surface area (Å²) in [5, 5.41) is 10.5. The van der Waals surface area contributed by atoms with Gasteiger partial charge in [0.25, 0.3) is 0 Å². The molecule has 0 spiro atoms. The largest absolute Gasteiger partial charge is 0.383 e. The smallest absolute Gasteiger partial charge is 0.191 e. The summed E-state index contributed by atoms with van der Waals surface area (Å²) in [6, 6.07) is 8.72. The summed E-state index contributed by atoms with van der Waals surface area (Å²) in [5.74, 6) is 1.56. The highest BCUT2D eigenvalue weighted by atomic mass is 32.2. The standard InChI is InChI=1S/C20H34N4O2S/c1-4-27(25)19-7-5-6-18(14-19)24-20(21-2)23-15-16-8-10-17(11-9-16)22-12-13-26-3/h8-11,18-19,22H,4-7,12-15H2,1-3H3,(H2,21,23,24). The van der Waals surface area contributed by atoms with E-state index in [4.69, 9.17) is 4.74 Å². The summed E-state index contributed by atoms with van der Waals surface area (Å²) in [4.78, 5) is 4.35. The van der Waals surface area contributed by atoms with Crippen LogP contribution >= 0.6 is 0 Å². The lowest BCUT2D eigenvalue weighted by Gasteiger charge is -2.30. The van der Waals surface area contributed by atoms with Gasteiger partial charge in [0.1, 0.15) is 0 Å². The van der Waals surface area contributed by atoms with E-state index in [0.29, 0.717) is 17.9 Å². The predicted octanol–water partition coefficient (Wildman–Crippen LogP) is 2.49. The lowest BCUT2D eigenvalue weighted by Crippen LogP contribution is -2.46. The third-order valence-electron chi connectivity index (χ3n) is 4.90. The maximum absolute atomic E-state index is 12.1. The highest BCUT2D eigenvalue weighted by Crippen LogP contribution is 2.23. The van der Waals surface area contributed by atoms with Gasteiger partial charge in [-0.15, -0.1) is 0 Å². The van der Waals surface area contributed by atoms with Crippen molar-refractivity contribution < 1.29 is 8.95 Å². The Morgan fingerprint density at radius 2 is 2.07 bits per heavy atom. The number of guanidine groups is 1. The van der Waals surface area contributed by atoms with Crippen LogP contribution in [0.1, 0.15) is 38.2 Å². The Balaban J connectivity index is 1.79. The Morgan fingerprint density at radius 1 is 1.30 bits per heavy atom. The first-order chi connectivity index (χ1) is 13.2. The molecule has 1 aliphatic rings. The number of aliphatic imine (C=N–C) groups is 1. The number of methoxy groups -OCH3 is 1. The van der Waals surface area contributed by atoms with Crippen molar-refractivity contribution in [2.45, 2.75) is 50.4 Å². The van der Waals surface area contributed by atoms with Crippen LogP contribution in [-0.2, 0) is 22.1 Å². The van der Waals surface area contributed by atoms with Gasteiger partial charge in [-0.25, -0.2) is 0 Å². The minimum absolute atomic E-state index is 0.317. The summed E-state index contributed by atoms with van der Waals surface area (Å²) < 4.78 is 17.2. The van der Waals surface area contributed by atoms with Crippen molar-refractivity contribution in [1.82, 2.24) is 10.6 Å². The summed E-state index contributed by atoms with van der Waals surface area (Å²) in [6.45, 7) is 4.22. The molecule has 2 rings (SSSR count). The van der Waals surface area contributed by atoms with E-state index in [1.54, 1.807) is 14.2 Å². The van der Waals surface area contributed by atoms with Crippen molar-refractivity contribution in [2.24, 2.45) is 4.99 Å². The number of hydrogen-bond donors (Lipinski definition) is 3. The lowest BCUT2D eigenvalue weighted by atomic mass is 9.95. The van der Waals surface area contributed by atoms with Gasteiger partial charge in [-0.3, -0.25) is 9.20 Å². The van der Waals surface area contributed by atoms with Crippen molar-refractivity contribution in [3.63, 3.8) is 0 Å². The van der Waals surface area contributed by atoms with Crippen molar-refractivity contribution in [1.29, 1.82) is 0 Å². The molecule has 1 aliphatic carbocycles. The van der Waals surface area contributed by atoms with Crippen molar-refractivity contribution >= 4 is 22.4 Å². The molecule has 3 atom stereocenters. The fraction of sp³-hybridized carbons (Fsp3) is 0.650.